The van der Waals surface area contributed by atoms with Gasteiger partial charge in [-0.05, 0) is 25.8 Å². The molecule has 0 amide bonds. The Kier molecular flexibility index (Phi) is 3.50. The molecule has 1 rings (SSSR count). The molecule has 1 aliphatic rings. The number of nitrogens with one attached hydrogen (secondary N) is 1. The van der Waals surface area contributed by atoms with Crippen LogP contribution in [-0.2, 0) is 0 Å². The minimum Gasteiger partial charge on any atom is -0.387 e. The molecule has 0 radical (unpaired) electrons. The molecule has 12 heavy (non-hydrogen) atoms. The molecule has 1 heterocycles. The van der Waals surface area contributed by atoms with Crippen molar-refractivity contribution in [2.24, 2.45) is 5.73 Å². The van der Waals surface area contributed by atoms with Crippen molar-refractivity contribution in [3.05, 3.63) is 0 Å². The quantitative estimate of drug-likeness (QED) is 0.569. The molecule has 1 fully saturated rings. The highest BCUT2D eigenvalue weighted by molar-refractivity contribution is 4.94. The first kappa shape index (κ1) is 9.96. The zero-order valence-corrected chi connectivity index (χ0v) is 7.84. The summed E-state index contributed by atoms with van der Waals surface area (Å²) in [6.45, 7) is 3.48. The van der Waals surface area contributed by atoms with Crippen LogP contribution in [0, 0.1) is 0 Å². The Hall–Kier alpha value is -0.120. The summed E-state index contributed by atoms with van der Waals surface area (Å²) in [4.78, 5) is 0. The van der Waals surface area contributed by atoms with Gasteiger partial charge in [-0.15, -0.1) is 0 Å². The van der Waals surface area contributed by atoms with Gasteiger partial charge in [0.1, 0.15) is 0 Å². The van der Waals surface area contributed by atoms with E-state index in [1.165, 1.54) is 0 Å². The first-order valence-corrected chi connectivity index (χ1v) is 4.89. The van der Waals surface area contributed by atoms with Crippen LogP contribution in [0.25, 0.3) is 0 Å². The Morgan fingerprint density at radius 2 is 2.42 bits per heavy atom. The van der Waals surface area contributed by atoms with Gasteiger partial charge >= 0.3 is 0 Å². The fraction of sp³-hybridized carbons (Fsp3) is 1.00. The third-order valence-electron chi connectivity index (χ3n) is 2.75. The Labute approximate surface area is 74.3 Å². The standard InChI is InChI=1S/C9H20N2O/c1-2-5-9(12,7-10)8-4-3-6-11-8/h8,11-12H,2-7,10H2,1H3. The van der Waals surface area contributed by atoms with E-state index in [9.17, 15) is 5.11 Å². The van der Waals surface area contributed by atoms with Gasteiger partial charge in [-0.2, -0.15) is 0 Å². The second-order valence-electron chi connectivity index (χ2n) is 3.71. The monoisotopic (exact) mass is 172 g/mol. The molecule has 0 bridgehead atoms. The zero-order valence-electron chi connectivity index (χ0n) is 7.84. The third-order valence-corrected chi connectivity index (χ3v) is 2.75. The highest BCUT2D eigenvalue weighted by Crippen LogP contribution is 2.22. The molecule has 3 nitrogen and oxygen atoms in total. The van der Waals surface area contributed by atoms with Gasteiger partial charge in [-0.1, -0.05) is 13.3 Å². The molecule has 0 saturated carbocycles. The van der Waals surface area contributed by atoms with Gasteiger partial charge < -0.3 is 16.2 Å². The molecule has 0 aromatic heterocycles. The highest BCUT2D eigenvalue weighted by Gasteiger charge is 2.35. The van der Waals surface area contributed by atoms with E-state index in [0.29, 0.717) is 6.54 Å². The average Bonchev–Trinajstić information content (AvgIpc) is 2.57. The normalized spacial score (nSPS) is 28.8. The molecule has 3 heteroatoms. The fourth-order valence-electron chi connectivity index (χ4n) is 1.99. The second-order valence-corrected chi connectivity index (χ2v) is 3.71. The third kappa shape index (κ3) is 1.97. The first-order chi connectivity index (χ1) is 5.73. The van der Waals surface area contributed by atoms with Crippen LogP contribution in [-0.4, -0.2) is 29.8 Å². The van der Waals surface area contributed by atoms with Crippen LogP contribution in [0.5, 0.6) is 0 Å². The number of nitrogens with two attached hydrogens (primary N) is 1. The summed E-state index contributed by atoms with van der Waals surface area (Å²) >= 11 is 0. The lowest BCUT2D eigenvalue weighted by atomic mass is 9.88. The van der Waals surface area contributed by atoms with Gasteiger partial charge in [0, 0.05) is 12.6 Å². The molecule has 0 aromatic carbocycles. The first-order valence-electron chi connectivity index (χ1n) is 4.89. The Balaban J connectivity index is 2.51. The summed E-state index contributed by atoms with van der Waals surface area (Å²) in [6.07, 6.45) is 4.03. The summed E-state index contributed by atoms with van der Waals surface area (Å²) in [5, 5.41) is 13.4. The summed E-state index contributed by atoms with van der Waals surface area (Å²) < 4.78 is 0. The largest absolute Gasteiger partial charge is 0.387 e. The van der Waals surface area contributed by atoms with Gasteiger partial charge in [-0.3, -0.25) is 0 Å². The molecule has 0 aliphatic carbocycles. The highest BCUT2D eigenvalue weighted by atomic mass is 16.3. The van der Waals surface area contributed by atoms with Gasteiger partial charge in [-0.25, -0.2) is 0 Å². The lowest BCUT2D eigenvalue weighted by Crippen LogP contribution is -2.52. The smallest absolute Gasteiger partial charge is 0.0921 e. The van der Waals surface area contributed by atoms with Crippen LogP contribution in [0.3, 0.4) is 0 Å². The summed E-state index contributed by atoms with van der Waals surface area (Å²) in [7, 11) is 0. The predicted octanol–water partition coefficient (Wildman–Crippen LogP) is 0.228. The van der Waals surface area contributed by atoms with Crippen LogP contribution in [0.15, 0.2) is 0 Å². The van der Waals surface area contributed by atoms with Crippen LogP contribution >= 0.6 is 0 Å². The summed E-state index contributed by atoms with van der Waals surface area (Å²) in [6, 6.07) is 0.224. The minimum atomic E-state index is -0.661. The van der Waals surface area contributed by atoms with Crippen molar-refractivity contribution in [3.63, 3.8) is 0 Å². The predicted molar refractivity (Wildman–Crippen MR) is 49.9 cm³/mol. The van der Waals surface area contributed by atoms with E-state index in [1.807, 2.05) is 0 Å². The fourth-order valence-corrected chi connectivity index (χ4v) is 1.99. The van der Waals surface area contributed by atoms with Crippen LogP contribution in [0.1, 0.15) is 32.6 Å². The zero-order chi connectivity index (χ0) is 9.03. The van der Waals surface area contributed by atoms with Crippen molar-refractivity contribution < 1.29 is 5.11 Å². The number of hydrogen-bond donors (Lipinski definition) is 3. The van der Waals surface area contributed by atoms with Crippen molar-refractivity contribution >= 4 is 0 Å². The molecule has 0 aromatic rings. The SMILES string of the molecule is CCCC(O)(CN)C1CCCN1. The van der Waals surface area contributed by atoms with Crippen molar-refractivity contribution in [1.82, 2.24) is 5.32 Å². The van der Waals surface area contributed by atoms with E-state index in [2.05, 4.69) is 12.2 Å². The lowest BCUT2D eigenvalue weighted by molar-refractivity contribution is 0.00726. The van der Waals surface area contributed by atoms with Gasteiger partial charge in [0.05, 0.1) is 5.60 Å². The molecule has 4 N–H and O–H groups in total. The number of rotatable bonds is 4. The maximum atomic E-state index is 10.1. The number of hydrogen-bond acceptors (Lipinski definition) is 3. The van der Waals surface area contributed by atoms with Crippen molar-refractivity contribution in [1.29, 1.82) is 0 Å². The topological polar surface area (TPSA) is 58.3 Å². The van der Waals surface area contributed by atoms with E-state index in [-0.39, 0.29) is 6.04 Å². The van der Waals surface area contributed by atoms with Crippen molar-refractivity contribution in [2.45, 2.75) is 44.2 Å². The van der Waals surface area contributed by atoms with Crippen molar-refractivity contribution in [3.8, 4) is 0 Å². The van der Waals surface area contributed by atoms with Crippen LogP contribution < -0.4 is 11.1 Å². The molecule has 0 spiro atoms. The van der Waals surface area contributed by atoms with E-state index in [0.717, 1.165) is 32.2 Å². The molecular weight excluding hydrogens is 152 g/mol. The van der Waals surface area contributed by atoms with E-state index < -0.39 is 5.60 Å². The molecule has 2 atom stereocenters. The summed E-state index contributed by atoms with van der Waals surface area (Å²) in [5.41, 5.74) is 4.92. The van der Waals surface area contributed by atoms with Gasteiger partial charge in [0.25, 0.3) is 0 Å². The van der Waals surface area contributed by atoms with E-state index in [1.54, 1.807) is 0 Å². The molecule has 1 saturated heterocycles. The number of aliphatic hydroxyl groups is 1. The molecule has 72 valence electrons. The lowest BCUT2D eigenvalue weighted by Gasteiger charge is -2.32. The maximum Gasteiger partial charge on any atom is 0.0921 e. The average molecular weight is 172 g/mol. The van der Waals surface area contributed by atoms with E-state index in [4.69, 9.17) is 5.73 Å². The van der Waals surface area contributed by atoms with Gasteiger partial charge in [0.2, 0.25) is 0 Å². The van der Waals surface area contributed by atoms with Crippen LogP contribution in [0.4, 0.5) is 0 Å². The summed E-state index contributed by atoms with van der Waals surface area (Å²) in [5.74, 6) is 0. The minimum absolute atomic E-state index is 0.224. The molecule has 1 aliphatic heterocycles. The molecular formula is C9H20N2O. The molecule has 2 unspecified atom stereocenters. The van der Waals surface area contributed by atoms with Gasteiger partial charge in [0.15, 0.2) is 0 Å². The maximum absolute atomic E-state index is 10.1. The Morgan fingerprint density at radius 1 is 1.67 bits per heavy atom. The Morgan fingerprint density at radius 3 is 2.83 bits per heavy atom. The van der Waals surface area contributed by atoms with Crippen LogP contribution in [0.2, 0.25) is 0 Å². The Bertz CT molecular complexity index is 134. The second kappa shape index (κ2) is 4.21. The van der Waals surface area contributed by atoms with Crippen molar-refractivity contribution in [2.75, 3.05) is 13.1 Å². The van der Waals surface area contributed by atoms with E-state index >= 15 is 0 Å².